The summed E-state index contributed by atoms with van der Waals surface area (Å²) in [5, 5.41) is 27.6. The van der Waals surface area contributed by atoms with E-state index in [1.807, 2.05) is 0 Å². The van der Waals surface area contributed by atoms with Crippen LogP contribution in [0.2, 0.25) is 5.02 Å². The number of aromatic carboxylic acids is 1. The number of benzene rings is 1. The Morgan fingerprint density at radius 2 is 1.85 bits per heavy atom. The number of rotatable bonds is 6. The SMILES string of the molecule is O=C(O)CN([C@H]1CS(=O)(=O)C[C@H]1O)S(=O)(=O)c1cc(C(=O)O)ccc1Cl. The molecule has 1 saturated heterocycles. The summed E-state index contributed by atoms with van der Waals surface area (Å²) >= 11 is 5.84. The van der Waals surface area contributed by atoms with Gasteiger partial charge in [-0.05, 0) is 18.2 Å². The molecule has 2 rings (SSSR count). The highest BCUT2D eigenvalue weighted by atomic mass is 35.5. The van der Waals surface area contributed by atoms with Crippen LogP contribution in [0.1, 0.15) is 10.4 Å². The minimum atomic E-state index is -4.72. The Kier molecular flexibility index (Phi) is 5.63. The predicted molar refractivity (Wildman–Crippen MR) is 88.4 cm³/mol. The number of carboxylic acid groups (broad SMARTS) is 2. The Bertz CT molecular complexity index is 958. The number of aliphatic hydroxyl groups is 1. The molecule has 26 heavy (non-hydrogen) atoms. The predicted octanol–water partition coefficient (Wildman–Crippen LogP) is -0.729. The molecule has 1 aromatic rings. The maximum absolute atomic E-state index is 12.9. The Balaban J connectivity index is 2.59. The molecular weight excluding hydrogens is 414 g/mol. The average Bonchev–Trinajstić information content (AvgIpc) is 2.77. The summed E-state index contributed by atoms with van der Waals surface area (Å²) in [5.41, 5.74) is -0.414. The van der Waals surface area contributed by atoms with Crippen LogP contribution in [0, 0.1) is 0 Å². The van der Waals surface area contributed by atoms with Crippen LogP contribution in [0.25, 0.3) is 0 Å². The number of sulfone groups is 1. The lowest BCUT2D eigenvalue weighted by Crippen LogP contribution is -2.48. The third-order valence-corrected chi connectivity index (χ3v) is 7.77. The molecule has 2 atom stereocenters. The second-order valence-electron chi connectivity index (χ2n) is 5.61. The van der Waals surface area contributed by atoms with E-state index in [1.165, 1.54) is 0 Å². The van der Waals surface area contributed by atoms with Gasteiger partial charge in [-0.15, -0.1) is 0 Å². The van der Waals surface area contributed by atoms with Crippen molar-refractivity contribution >= 4 is 43.4 Å². The summed E-state index contributed by atoms with van der Waals surface area (Å²) in [6, 6.07) is 1.27. The standard InChI is InChI=1S/C13H14ClNO9S2/c14-8-2-1-7(13(19)20)3-11(8)26(23,24)15(4-12(17)18)9-5-25(21,22)6-10(9)16/h1-3,9-10,16H,4-6H2,(H,17,18)(H,19,20)/t9-,10+/m0/s1. The van der Waals surface area contributed by atoms with Gasteiger partial charge in [0.1, 0.15) is 11.4 Å². The Morgan fingerprint density at radius 3 is 2.31 bits per heavy atom. The molecule has 1 aliphatic rings. The highest BCUT2D eigenvalue weighted by molar-refractivity contribution is 7.92. The van der Waals surface area contributed by atoms with Crippen LogP contribution in [0.3, 0.4) is 0 Å². The maximum Gasteiger partial charge on any atom is 0.335 e. The van der Waals surface area contributed by atoms with Crippen LogP contribution in [0.15, 0.2) is 23.1 Å². The molecule has 3 N–H and O–H groups in total. The van der Waals surface area contributed by atoms with Crippen molar-refractivity contribution in [2.45, 2.75) is 17.0 Å². The van der Waals surface area contributed by atoms with Crippen molar-refractivity contribution in [1.29, 1.82) is 0 Å². The molecule has 0 aliphatic carbocycles. The first-order chi connectivity index (χ1) is 11.8. The molecule has 0 saturated carbocycles. The normalized spacial score (nSPS) is 22.4. The van der Waals surface area contributed by atoms with E-state index in [2.05, 4.69) is 0 Å². The maximum atomic E-state index is 12.9. The van der Waals surface area contributed by atoms with Crippen molar-refractivity contribution in [2.24, 2.45) is 0 Å². The van der Waals surface area contributed by atoms with Gasteiger partial charge in [-0.3, -0.25) is 4.79 Å². The Hall–Kier alpha value is -1.73. The van der Waals surface area contributed by atoms with E-state index in [0.29, 0.717) is 4.31 Å². The first-order valence-corrected chi connectivity index (χ1v) is 10.6. The van der Waals surface area contributed by atoms with Gasteiger partial charge in [-0.25, -0.2) is 21.6 Å². The van der Waals surface area contributed by atoms with Gasteiger partial charge in [0.25, 0.3) is 0 Å². The summed E-state index contributed by atoms with van der Waals surface area (Å²) in [6.07, 6.45) is -1.63. The van der Waals surface area contributed by atoms with Crippen LogP contribution in [-0.2, 0) is 24.7 Å². The van der Waals surface area contributed by atoms with Gasteiger partial charge in [-0.2, -0.15) is 4.31 Å². The summed E-state index contributed by atoms with van der Waals surface area (Å²) in [6.45, 7) is -1.13. The molecule has 0 aromatic heterocycles. The lowest BCUT2D eigenvalue weighted by molar-refractivity contribution is -0.137. The number of halogens is 1. The summed E-state index contributed by atoms with van der Waals surface area (Å²) in [5.74, 6) is -4.51. The van der Waals surface area contributed by atoms with Gasteiger partial charge in [0.15, 0.2) is 9.84 Å². The van der Waals surface area contributed by atoms with Crippen molar-refractivity contribution in [2.75, 3.05) is 18.1 Å². The fourth-order valence-electron chi connectivity index (χ4n) is 2.56. The van der Waals surface area contributed by atoms with Gasteiger partial charge in [0.05, 0.1) is 34.2 Å². The van der Waals surface area contributed by atoms with Crippen LogP contribution in [0.4, 0.5) is 0 Å². The molecule has 0 amide bonds. The fraction of sp³-hybridized carbons (Fsp3) is 0.385. The summed E-state index contributed by atoms with van der Waals surface area (Å²) < 4.78 is 49.5. The largest absolute Gasteiger partial charge is 0.480 e. The number of aliphatic hydroxyl groups excluding tert-OH is 1. The second kappa shape index (κ2) is 7.12. The fourth-order valence-corrected chi connectivity index (χ4v) is 6.56. The van der Waals surface area contributed by atoms with E-state index >= 15 is 0 Å². The van der Waals surface area contributed by atoms with Gasteiger partial charge in [0.2, 0.25) is 10.0 Å². The minimum absolute atomic E-state index is 0.317. The Morgan fingerprint density at radius 1 is 1.23 bits per heavy atom. The molecule has 0 bridgehead atoms. The number of sulfonamides is 1. The summed E-state index contributed by atoms with van der Waals surface area (Å²) in [7, 11) is -8.49. The molecular formula is C13H14ClNO9S2. The van der Waals surface area contributed by atoms with Crippen molar-refractivity contribution in [3.05, 3.63) is 28.8 Å². The number of carbonyl (C=O) groups is 2. The molecule has 0 unspecified atom stereocenters. The van der Waals surface area contributed by atoms with Crippen LogP contribution in [0.5, 0.6) is 0 Å². The topological polar surface area (TPSA) is 166 Å². The minimum Gasteiger partial charge on any atom is -0.480 e. The first kappa shape index (κ1) is 20.6. The molecule has 1 aromatic carbocycles. The zero-order valence-corrected chi connectivity index (χ0v) is 15.3. The lowest BCUT2D eigenvalue weighted by atomic mass is 10.2. The average molecular weight is 428 g/mol. The van der Waals surface area contributed by atoms with E-state index < -0.39 is 72.5 Å². The first-order valence-electron chi connectivity index (χ1n) is 7.00. The molecule has 1 heterocycles. The smallest absolute Gasteiger partial charge is 0.335 e. The van der Waals surface area contributed by atoms with Crippen molar-refractivity contribution in [1.82, 2.24) is 4.31 Å². The van der Waals surface area contributed by atoms with Gasteiger partial charge >= 0.3 is 11.9 Å². The number of hydrogen-bond acceptors (Lipinski definition) is 7. The van der Waals surface area contributed by atoms with E-state index in [9.17, 15) is 31.5 Å². The van der Waals surface area contributed by atoms with Gasteiger partial charge < -0.3 is 15.3 Å². The van der Waals surface area contributed by atoms with E-state index in [0.717, 1.165) is 18.2 Å². The molecule has 144 valence electrons. The number of aliphatic carboxylic acids is 1. The van der Waals surface area contributed by atoms with Gasteiger partial charge in [-0.1, -0.05) is 11.6 Å². The van der Waals surface area contributed by atoms with Crippen LogP contribution in [-0.4, -0.2) is 78.6 Å². The van der Waals surface area contributed by atoms with Crippen molar-refractivity contribution in [3.8, 4) is 0 Å². The van der Waals surface area contributed by atoms with Crippen LogP contribution >= 0.6 is 11.6 Å². The highest BCUT2D eigenvalue weighted by Gasteiger charge is 2.46. The highest BCUT2D eigenvalue weighted by Crippen LogP contribution is 2.30. The third-order valence-electron chi connectivity index (χ3n) is 3.72. The van der Waals surface area contributed by atoms with E-state index in [-0.39, 0.29) is 5.02 Å². The molecule has 13 heteroatoms. The van der Waals surface area contributed by atoms with Crippen molar-refractivity contribution in [3.63, 3.8) is 0 Å². The lowest BCUT2D eigenvalue weighted by Gasteiger charge is -2.28. The molecule has 0 spiro atoms. The molecule has 10 nitrogen and oxygen atoms in total. The third kappa shape index (κ3) is 4.15. The number of nitrogens with zero attached hydrogens (tertiary/aromatic N) is 1. The quantitative estimate of drug-likeness (QED) is 0.530. The van der Waals surface area contributed by atoms with Crippen LogP contribution < -0.4 is 0 Å². The Labute approximate surface area is 153 Å². The number of hydrogen-bond donors (Lipinski definition) is 3. The summed E-state index contributed by atoms with van der Waals surface area (Å²) in [4.78, 5) is 21.5. The molecule has 0 radical (unpaired) electrons. The van der Waals surface area contributed by atoms with E-state index in [4.69, 9.17) is 21.8 Å². The zero-order chi connectivity index (χ0) is 19.9. The molecule has 1 fully saturated rings. The van der Waals surface area contributed by atoms with Gasteiger partial charge in [0, 0.05) is 0 Å². The molecule has 1 aliphatic heterocycles. The monoisotopic (exact) mass is 427 g/mol. The number of carboxylic acids is 2. The van der Waals surface area contributed by atoms with Crippen molar-refractivity contribution < 1.29 is 41.7 Å². The second-order valence-corrected chi connectivity index (χ2v) is 10.0. The zero-order valence-electron chi connectivity index (χ0n) is 12.9. The van der Waals surface area contributed by atoms with E-state index in [1.54, 1.807) is 0 Å².